The fraction of sp³-hybridized carbons (Fsp3) is 0.625. The second kappa shape index (κ2) is 11.1. The predicted octanol–water partition coefficient (Wildman–Crippen LogP) is -0.0390. The minimum atomic E-state index is 0. The van der Waals surface area contributed by atoms with Crippen LogP contribution in [0.3, 0.4) is 0 Å². The van der Waals surface area contributed by atoms with Gasteiger partial charge in [-0.15, -0.1) is 6.42 Å². The molecule has 0 spiro atoms. The molecule has 1 heteroatoms. The molecule has 48 valence electrons. The topological polar surface area (TPSA) is 0 Å². The number of rotatable bonds is 5. The van der Waals surface area contributed by atoms with Gasteiger partial charge in [0.15, 0.2) is 0 Å². The van der Waals surface area contributed by atoms with Crippen molar-refractivity contribution >= 4 is 0 Å². The molecule has 0 nitrogen and oxygen atoms in total. The molecule has 9 heavy (non-hydrogen) atoms. The first-order valence-corrected chi connectivity index (χ1v) is 3.36. The molecule has 0 saturated carbocycles. The molecular weight excluding hydrogens is 103 g/mol. The van der Waals surface area contributed by atoms with E-state index in [2.05, 4.69) is 19.9 Å². The first kappa shape index (κ1) is 11.9. The predicted molar refractivity (Wildman–Crippen MR) is 38.6 cm³/mol. The molecule has 0 aliphatic carbocycles. The molecule has 0 heterocycles. The molecule has 0 aromatic carbocycles. The van der Waals surface area contributed by atoms with Gasteiger partial charge in [0.2, 0.25) is 0 Å². The smallest absolute Gasteiger partial charge is 0.245 e. The zero-order valence-corrected chi connectivity index (χ0v) is 6.69. The van der Waals surface area contributed by atoms with E-state index in [0.717, 1.165) is 0 Å². The summed E-state index contributed by atoms with van der Waals surface area (Å²) in [6.45, 7) is 5.82. The molecular formula is C8H15Li. The first-order chi connectivity index (χ1) is 3.91. The average Bonchev–Trinajstić information content (AvgIpc) is 1.81. The summed E-state index contributed by atoms with van der Waals surface area (Å²) >= 11 is 0. The minimum Gasteiger partial charge on any atom is -0.245 e. The van der Waals surface area contributed by atoms with E-state index in [0.29, 0.717) is 0 Å². The van der Waals surface area contributed by atoms with Crippen LogP contribution in [0, 0.1) is 6.42 Å². The van der Waals surface area contributed by atoms with Gasteiger partial charge in [-0.05, 0) is 0 Å². The fourth-order valence-corrected chi connectivity index (χ4v) is 0.630. The summed E-state index contributed by atoms with van der Waals surface area (Å²) in [7, 11) is 0. The maximum absolute atomic E-state index is 3.60. The van der Waals surface area contributed by atoms with E-state index >= 15 is 0 Å². The van der Waals surface area contributed by atoms with Crippen molar-refractivity contribution in [3.63, 3.8) is 0 Å². The molecule has 0 radical (unpaired) electrons. The second-order valence-corrected chi connectivity index (χ2v) is 1.97. The van der Waals surface area contributed by atoms with Gasteiger partial charge >= 0.3 is 18.9 Å². The third kappa shape index (κ3) is 11.7. The normalized spacial score (nSPS) is 7.67. The van der Waals surface area contributed by atoms with Gasteiger partial charge in [0, 0.05) is 0 Å². The molecule has 0 aliphatic rings. The summed E-state index contributed by atoms with van der Waals surface area (Å²) in [5.41, 5.74) is 0. The molecule has 0 fully saturated rings. The van der Waals surface area contributed by atoms with Crippen LogP contribution in [-0.2, 0) is 0 Å². The summed E-state index contributed by atoms with van der Waals surface area (Å²) in [4.78, 5) is 0. The quantitative estimate of drug-likeness (QED) is 0.270. The Kier molecular flexibility index (Phi) is 14.7. The zero-order chi connectivity index (χ0) is 6.24. The van der Waals surface area contributed by atoms with Crippen molar-refractivity contribution in [3.8, 4) is 0 Å². The van der Waals surface area contributed by atoms with Crippen molar-refractivity contribution in [2.24, 2.45) is 0 Å². The van der Waals surface area contributed by atoms with E-state index in [1.807, 2.05) is 6.08 Å². The van der Waals surface area contributed by atoms with Crippen molar-refractivity contribution < 1.29 is 18.9 Å². The van der Waals surface area contributed by atoms with Crippen LogP contribution in [0.4, 0.5) is 0 Å². The van der Waals surface area contributed by atoms with Gasteiger partial charge in [0.05, 0.1) is 0 Å². The largest absolute Gasteiger partial charge is 1.00 e. The summed E-state index contributed by atoms with van der Waals surface area (Å²) in [6.07, 6.45) is 9.18. The summed E-state index contributed by atoms with van der Waals surface area (Å²) in [6, 6.07) is 0. The number of hydrogen-bond acceptors (Lipinski definition) is 0. The Labute approximate surface area is 70.9 Å². The van der Waals surface area contributed by atoms with Crippen LogP contribution in [0.15, 0.2) is 12.7 Å². The van der Waals surface area contributed by atoms with E-state index < -0.39 is 0 Å². The van der Waals surface area contributed by atoms with E-state index in [4.69, 9.17) is 0 Å². The molecule has 0 aliphatic heterocycles. The third-order valence-corrected chi connectivity index (χ3v) is 1.14. The van der Waals surface area contributed by atoms with Gasteiger partial charge in [-0.1, -0.05) is 26.2 Å². The maximum Gasteiger partial charge on any atom is 1.00 e. The van der Waals surface area contributed by atoms with Gasteiger partial charge in [0.1, 0.15) is 0 Å². The summed E-state index contributed by atoms with van der Waals surface area (Å²) in [5, 5.41) is 0. The number of unbranched alkanes of at least 4 members (excludes halogenated alkanes) is 4. The van der Waals surface area contributed by atoms with Crippen molar-refractivity contribution in [1.29, 1.82) is 0 Å². The van der Waals surface area contributed by atoms with Crippen LogP contribution in [0.25, 0.3) is 0 Å². The summed E-state index contributed by atoms with van der Waals surface area (Å²) in [5.74, 6) is 0. The molecule has 0 bridgehead atoms. The number of allylic oxidation sites excluding steroid dienone is 1. The van der Waals surface area contributed by atoms with E-state index in [-0.39, 0.29) is 18.9 Å². The SMILES string of the molecule is C=C[CH-]CCCCC.[Li+]. The van der Waals surface area contributed by atoms with Crippen molar-refractivity contribution in [1.82, 2.24) is 0 Å². The molecule has 0 amide bonds. The third-order valence-electron chi connectivity index (χ3n) is 1.14. The van der Waals surface area contributed by atoms with Crippen molar-refractivity contribution in [2.45, 2.75) is 32.6 Å². The van der Waals surface area contributed by atoms with Crippen LogP contribution in [0.2, 0.25) is 0 Å². The second-order valence-electron chi connectivity index (χ2n) is 1.97. The Hall–Kier alpha value is 0.207. The Morgan fingerprint density at radius 1 is 1.44 bits per heavy atom. The number of hydrogen-bond donors (Lipinski definition) is 0. The van der Waals surface area contributed by atoms with Gasteiger partial charge < -0.3 is 0 Å². The molecule has 0 atom stereocenters. The van der Waals surface area contributed by atoms with Crippen LogP contribution >= 0.6 is 0 Å². The molecule has 0 aromatic heterocycles. The van der Waals surface area contributed by atoms with Crippen molar-refractivity contribution in [2.75, 3.05) is 0 Å². The Morgan fingerprint density at radius 3 is 2.56 bits per heavy atom. The van der Waals surface area contributed by atoms with Crippen molar-refractivity contribution in [3.05, 3.63) is 19.1 Å². The molecule has 0 unspecified atom stereocenters. The van der Waals surface area contributed by atoms with Crippen LogP contribution < -0.4 is 18.9 Å². The van der Waals surface area contributed by atoms with Gasteiger partial charge in [-0.25, -0.2) is 19.1 Å². The van der Waals surface area contributed by atoms with Gasteiger partial charge in [-0.3, -0.25) is 0 Å². The Morgan fingerprint density at radius 2 is 2.11 bits per heavy atom. The molecule has 0 aromatic rings. The first-order valence-electron chi connectivity index (χ1n) is 3.36. The van der Waals surface area contributed by atoms with Gasteiger partial charge in [0.25, 0.3) is 0 Å². The van der Waals surface area contributed by atoms with E-state index in [1.54, 1.807) is 0 Å². The fourth-order valence-electron chi connectivity index (χ4n) is 0.630. The van der Waals surface area contributed by atoms with Crippen LogP contribution in [0.1, 0.15) is 32.6 Å². The van der Waals surface area contributed by atoms with Crippen LogP contribution in [-0.4, -0.2) is 0 Å². The molecule has 0 saturated heterocycles. The average molecular weight is 118 g/mol. The Balaban J connectivity index is 0. The maximum atomic E-state index is 3.60. The minimum absolute atomic E-state index is 0. The zero-order valence-electron chi connectivity index (χ0n) is 6.69. The summed E-state index contributed by atoms with van der Waals surface area (Å²) < 4.78 is 0. The van der Waals surface area contributed by atoms with Crippen LogP contribution in [0.5, 0.6) is 0 Å². The Bertz CT molecular complexity index is 50.5. The molecule has 0 rings (SSSR count). The van der Waals surface area contributed by atoms with E-state index in [9.17, 15) is 0 Å². The molecule has 0 N–H and O–H groups in total. The van der Waals surface area contributed by atoms with Gasteiger partial charge in [-0.2, -0.15) is 0 Å². The standard InChI is InChI=1S/C8H15.Li/c1-3-5-7-8-6-4-2;/h3,5H,1,4,6-8H2,2H3;/q-1;+1. The van der Waals surface area contributed by atoms with E-state index in [1.165, 1.54) is 25.7 Å². The monoisotopic (exact) mass is 118 g/mol.